The van der Waals surface area contributed by atoms with Crippen LogP contribution in [0.5, 0.6) is 0 Å². The minimum atomic E-state index is -1.01. The first-order chi connectivity index (χ1) is 33.1. The van der Waals surface area contributed by atoms with E-state index in [-0.39, 0.29) is 0 Å². The van der Waals surface area contributed by atoms with E-state index in [9.17, 15) is 12.3 Å². The number of fused-ring (bicyclic) bond motifs is 6. The minimum Gasteiger partial charge on any atom is -0.0616 e. The largest absolute Gasteiger partial charge is 0.0636 e. The van der Waals surface area contributed by atoms with Crippen molar-refractivity contribution in [2.45, 2.75) is 0 Å². The van der Waals surface area contributed by atoms with Crippen LogP contribution in [0, 0.1) is 0 Å². The second kappa shape index (κ2) is 9.93. The Bertz CT molecular complexity index is 3980. The van der Waals surface area contributed by atoms with Gasteiger partial charge in [0.05, 0.1) is 37.0 Å². The zero-order valence-electron chi connectivity index (χ0n) is 49.1. The maximum absolute atomic E-state index is 9.55. The molecule has 9 aromatic rings. The highest BCUT2D eigenvalue weighted by atomic mass is 14.2. The molecule has 0 aliphatic carbocycles. The van der Waals surface area contributed by atoms with Crippen LogP contribution in [0.25, 0.3) is 87.2 Å². The van der Waals surface area contributed by atoms with E-state index in [4.69, 9.17) is 24.7 Å². The Labute approximate surface area is 294 Å². The van der Waals surface area contributed by atoms with Crippen LogP contribution in [0.1, 0.15) is 37.0 Å². The first-order valence-corrected chi connectivity index (χ1v) is 13.1. The van der Waals surface area contributed by atoms with Crippen molar-refractivity contribution >= 4 is 53.9 Å². The predicted octanol–water partition coefficient (Wildman–Crippen LogP) is 12.5. The molecule has 0 saturated heterocycles. The smallest absolute Gasteiger partial charge is 0.0616 e. The van der Waals surface area contributed by atoms with E-state index >= 15 is 0 Å². The number of rotatable bonds is 3. The van der Waals surface area contributed by atoms with Crippen LogP contribution in [0.2, 0.25) is 0 Å². The van der Waals surface area contributed by atoms with Gasteiger partial charge in [-0.15, -0.1) is 0 Å². The summed E-state index contributed by atoms with van der Waals surface area (Å²) < 4.78 is 242. The third-order valence-electron chi connectivity index (χ3n) is 7.28. The first kappa shape index (κ1) is 9.91. The summed E-state index contributed by atoms with van der Waals surface area (Å²) in [5.74, 6) is 0. The molecule has 0 aliphatic heterocycles. The van der Waals surface area contributed by atoms with Gasteiger partial charge >= 0.3 is 0 Å². The molecule has 0 aliphatic rings. The Morgan fingerprint density at radius 1 is 0.295 bits per heavy atom. The van der Waals surface area contributed by atoms with Gasteiger partial charge in [0.25, 0.3) is 0 Å². The van der Waals surface area contributed by atoms with Crippen molar-refractivity contribution in [2.24, 2.45) is 0 Å². The van der Waals surface area contributed by atoms with Gasteiger partial charge in [0.15, 0.2) is 0 Å². The van der Waals surface area contributed by atoms with Crippen molar-refractivity contribution in [3.63, 3.8) is 0 Å². The van der Waals surface area contributed by atoms with Crippen LogP contribution >= 0.6 is 0 Å². The molecule has 0 unspecified atom stereocenters. The molecule has 44 heavy (non-hydrogen) atoms. The lowest BCUT2D eigenvalue weighted by Gasteiger charge is -2.19. The van der Waals surface area contributed by atoms with Gasteiger partial charge in [-0.3, -0.25) is 0 Å². The van der Waals surface area contributed by atoms with Crippen LogP contribution in [0.4, 0.5) is 0 Å². The molecule has 0 nitrogen and oxygen atoms in total. The van der Waals surface area contributed by atoms with Crippen molar-refractivity contribution in [3.8, 4) is 33.4 Å². The fourth-order valence-electron chi connectivity index (χ4n) is 5.47. The van der Waals surface area contributed by atoms with Gasteiger partial charge in [0.1, 0.15) is 0 Å². The number of benzene rings is 9. The van der Waals surface area contributed by atoms with E-state index in [2.05, 4.69) is 0 Å². The normalized spacial score (nSPS) is 20.2. The standard InChI is InChI=1S/C44H28/c1-3-18-33-29(13-1)15-12-26-37(33)44-40-24-9-7-22-38(40)43(39-23-8-10-25-41(39)44)32-17-11-16-30(27-32)42-28-31-14-2-4-19-34(31)35-20-5-6-21-36(35)42/h1-28H/i1D,2D,3D,4D,5D,6D,7D,8D,9D,10D,11D,12D,13D,14D,15D,16D,17D,18D,19D,20D,21D,22D,23D,24D,25D,26D,28D. The van der Waals surface area contributed by atoms with Gasteiger partial charge in [-0.1, -0.05) is 157 Å². The minimum absolute atomic E-state index is 0.485. The lowest BCUT2D eigenvalue weighted by molar-refractivity contribution is 1.64. The van der Waals surface area contributed by atoms with E-state index in [1.165, 1.54) is 0 Å². The monoisotopic (exact) mass is 583 g/mol. The molecule has 9 aromatic carbocycles. The quantitative estimate of drug-likeness (QED) is 0.143. The fraction of sp³-hybridized carbons (Fsp3) is 0. The van der Waals surface area contributed by atoms with Crippen molar-refractivity contribution in [1.29, 1.82) is 0 Å². The predicted molar refractivity (Wildman–Crippen MR) is 190 cm³/mol. The van der Waals surface area contributed by atoms with Gasteiger partial charge < -0.3 is 0 Å². The molecular formula is C44H28. The lowest BCUT2D eigenvalue weighted by Crippen LogP contribution is -1.92. The fourth-order valence-corrected chi connectivity index (χ4v) is 5.47. The molecule has 0 fully saturated rings. The molecule has 0 saturated carbocycles. The average molecular weight is 584 g/mol. The molecule has 0 spiro atoms. The van der Waals surface area contributed by atoms with Gasteiger partial charge in [0.2, 0.25) is 0 Å². The van der Waals surface area contributed by atoms with Crippen molar-refractivity contribution in [2.75, 3.05) is 0 Å². The summed E-state index contributed by atoms with van der Waals surface area (Å²) in [7, 11) is 0. The third-order valence-corrected chi connectivity index (χ3v) is 7.28. The molecule has 0 bridgehead atoms. The molecule has 204 valence electrons. The zero-order valence-corrected chi connectivity index (χ0v) is 22.1. The van der Waals surface area contributed by atoms with Crippen LogP contribution in [-0.2, 0) is 0 Å². The van der Waals surface area contributed by atoms with Crippen molar-refractivity contribution in [1.82, 2.24) is 0 Å². The summed E-state index contributed by atoms with van der Waals surface area (Å²) >= 11 is 0. The molecule has 0 heteroatoms. The summed E-state index contributed by atoms with van der Waals surface area (Å²) in [4.78, 5) is 0. The van der Waals surface area contributed by atoms with Gasteiger partial charge in [0, 0.05) is 0 Å². The lowest BCUT2D eigenvalue weighted by atomic mass is 9.84. The molecular weight excluding hydrogens is 528 g/mol. The molecule has 0 amide bonds. The highest BCUT2D eigenvalue weighted by Gasteiger charge is 2.18. The zero-order chi connectivity index (χ0) is 52.5. The Morgan fingerprint density at radius 3 is 1.48 bits per heavy atom. The molecule has 0 N–H and O–H groups in total. The van der Waals surface area contributed by atoms with Crippen LogP contribution in [0.15, 0.2) is 169 Å². The van der Waals surface area contributed by atoms with E-state index in [1.807, 2.05) is 0 Å². The van der Waals surface area contributed by atoms with Crippen molar-refractivity contribution in [3.05, 3.63) is 169 Å². The van der Waals surface area contributed by atoms with E-state index < -0.39 is 250 Å². The Balaban J connectivity index is 1.63. The average Bonchev–Trinajstić information content (AvgIpc) is 3.34. The molecule has 0 aromatic heterocycles. The highest BCUT2D eigenvalue weighted by molar-refractivity contribution is 6.23. The Hall–Kier alpha value is -5.72. The SMILES string of the molecule is [2H]c1c(-c2c3c([2H])c([2H])c([2H])c([2H])c3c(-c3c([2H])c([2H])c([2H])c4c([2H])c([2H])c([2H])c([2H])c34)c3c([2H])c([2H])c([2H])c([2H])c23)cc(-c2c([2H])c3c([2H])c([2H])c([2H])c([2H])c3c3c([2H])c([2H])c([2H])c([2H])c23)c([2H])c1[2H]. The second-order valence-corrected chi connectivity index (χ2v) is 9.60. The molecule has 0 atom stereocenters. The van der Waals surface area contributed by atoms with Crippen molar-refractivity contribution < 1.29 is 37.0 Å². The maximum Gasteiger partial charge on any atom is 0.0636 e. The molecule has 0 heterocycles. The second-order valence-electron chi connectivity index (χ2n) is 9.60. The summed E-state index contributed by atoms with van der Waals surface area (Å²) in [5, 5.41) is -6.10. The van der Waals surface area contributed by atoms with Gasteiger partial charge in [-0.2, -0.15) is 0 Å². The van der Waals surface area contributed by atoms with E-state index in [0.717, 1.165) is 6.07 Å². The summed E-state index contributed by atoms with van der Waals surface area (Å²) in [6.07, 6.45) is 0. The van der Waals surface area contributed by atoms with Crippen LogP contribution in [-0.4, -0.2) is 0 Å². The number of hydrogen-bond acceptors (Lipinski definition) is 0. The Morgan fingerprint density at radius 2 is 0.773 bits per heavy atom. The van der Waals surface area contributed by atoms with E-state index in [0.29, 0.717) is 0 Å². The summed E-state index contributed by atoms with van der Waals surface area (Å²) in [6, 6.07) is -23.3. The first-order valence-electron chi connectivity index (χ1n) is 26.6. The molecule has 9 rings (SSSR count). The third kappa shape index (κ3) is 3.78. The molecule has 0 radical (unpaired) electrons. The van der Waals surface area contributed by atoms with E-state index in [1.54, 1.807) is 0 Å². The van der Waals surface area contributed by atoms with Crippen LogP contribution < -0.4 is 0 Å². The topological polar surface area (TPSA) is 0 Å². The maximum atomic E-state index is 9.55. The van der Waals surface area contributed by atoms with Crippen LogP contribution in [0.3, 0.4) is 0 Å². The van der Waals surface area contributed by atoms with Gasteiger partial charge in [-0.25, -0.2) is 0 Å². The summed E-state index contributed by atoms with van der Waals surface area (Å²) in [5.41, 5.74) is -3.86. The highest BCUT2D eigenvalue weighted by Crippen LogP contribution is 2.46. The number of hydrogen-bond donors (Lipinski definition) is 0. The summed E-state index contributed by atoms with van der Waals surface area (Å²) in [6.45, 7) is 0. The Kier molecular flexibility index (Phi) is 2.24. The van der Waals surface area contributed by atoms with Gasteiger partial charge in [-0.05, 0) is 99.4 Å².